The summed E-state index contributed by atoms with van der Waals surface area (Å²) >= 11 is 0. The Morgan fingerprint density at radius 2 is 2.07 bits per heavy atom. The van der Waals surface area contributed by atoms with Gasteiger partial charge in [0.25, 0.3) is 0 Å². The number of ether oxygens (including phenoxy) is 1. The van der Waals surface area contributed by atoms with Crippen LogP contribution in [0.3, 0.4) is 0 Å². The van der Waals surface area contributed by atoms with Gasteiger partial charge in [-0.1, -0.05) is 0 Å². The number of aliphatic carboxylic acids is 1. The topological polar surface area (TPSA) is 70.0 Å². The number of hydrogen-bond donors (Lipinski definition) is 2. The lowest BCUT2D eigenvalue weighted by Gasteiger charge is -2.23. The minimum atomic E-state index is -0.934. The molecular formula is C9H13NO4. The Morgan fingerprint density at radius 3 is 2.79 bits per heavy atom. The largest absolute Gasteiger partial charge is 0.480 e. The molecule has 3 fully saturated rings. The zero-order chi connectivity index (χ0) is 9.87. The molecule has 0 amide bonds. The van der Waals surface area contributed by atoms with Crippen LogP contribution in [0.2, 0.25) is 0 Å². The van der Waals surface area contributed by atoms with Gasteiger partial charge >= 0.3 is 5.97 Å². The van der Waals surface area contributed by atoms with Crippen LogP contribution < -0.4 is 0 Å². The van der Waals surface area contributed by atoms with Gasteiger partial charge in [0.1, 0.15) is 6.04 Å². The Kier molecular flexibility index (Phi) is 1.66. The molecule has 0 aromatic carbocycles. The van der Waals surface area contributed by atoms with E-state index in [4.69, 9.17) is 9.84 Å². The lowest BCUT2D eigenvalue weighted by Crippen LogP contribution is -2.41. The molecule has 3 aliphatic heterocycles. The Morgan fingerprint density at radius 1 is 1.36 bits per heavy atom. The molecule has 5 atom stereocenters. The molecule has 5 heteroatoms. The highest BCUT2D eigenvalue weighted by atomic mass is 16.5. The first-order valence-electron chi connectivity index (χ1n) is 5.02. The average molecular weight is 199 g/mol. The standard InChI is InChI=1S/C9H13NO4/c11-9(12)8-7-4(3-10(8)13)5-1-2-6(7)14-5/h4-8,13H,1-3H2,(H,11,12). The van der Waals surface area contributed by atoms with E-state index in [0.29, 0.717) is 6.54 Å². The molecule has 0 radical (unpaired) electrons. The van der Waals surface area contributed by atoms with Crippen LogP contribution >= 0.6 is 0 Å². The maximum absolute atomic E-state index is 11.0. The molecule has 0 spiro atoms. The number of hydroxylamine groups is 2. The number of nitrogens with zero attached hydrogens (tertiary/aromatic N) is 1. The van der Waals surface area contributed by atoms with Crippen LogP contribution in [-0.2, 0) is 9.53 Å². The first-order chi connectivity index (χ1) is 6.68. The van der Waals surface area contributed by atoms with E-state index in [0.717, 1.165) is 17.9 Å². The number of carboxylic acid groups (broad SMARTS) is 1. The minimum Gasteiger partial charge on any atom is -0.480 e. The maximum Gasteiger partial charge on any atom is 0.323 e. The van der Waals surface area contributed by atoms with E-state index in [1.807, 2.05) is 0 Å². The molecule has 3 aliphatic rings. The molecular weight excluding hydrogens is 186 g/mol. The van der Waals surface area contributed by atoms with Crippen molar-refractivity contribution in [3.8, 4) is 0 Å². The van der Waals surface area contributed by atoms with Gasteiger partial charge in [0, 0.05) is 18.4 Å². The fourth-order valence-corrected chi connectivity index (χ4v) is 3.31. The summed E-state index contributed by atoms with van der Waals surface area (Å²) in [6, 6.07) is -0.754. The minimum absolute atomic E-state index is 0.00347. The molecule has 0 aromatic rings. The van der Waals surface area contributed by atoms with Crippen LogP contribution in [0, 0.1) is 11.8 Å². The second-order valence-electron chi connectivity index (χ2n) is 4.44. The van der Waals surface area contributed by atoms with Crippen LogP contribution in [0.5, 0.6) is 0 Å². The predicted octanol–water partition coefficient (Wildman–Crippen LogP) is -0.0620. The molecule has 5 unspecified atom stereocenters. The molecule has 2 bridgehead atoms. The first-order valence-corrected chi connectivity index (χ1v) is 5.02. The molecule has 5 nitrogen and oxygen atoms in total. The Hall–Kier alpha value is -0.650. The van der Waals surface area contributed by atoms with Crippen molar-refractivity contribution in [2.75, 3.05) is 6.54 Å². The molecule has 2 N–H and O–H groups in total. The number of fused-ring (bicyclic) bond motifs is 5. The summed E-state index contributed by atoms with van der Waals surface area (Å²) in [6.45, 7) is 0.447. The Bertz CT molecular complexity index is 282. The smallest absolute Gasteiger partial charge is 0.323 e. The van der Waals surface area contributed by atoms with Crippen LogP contribution in [0.25, 0.3) is 0 Å². The summed E-state index contributed by atoms with van der Waals surface area (Å²) < 4.78 is 5.67. The van der Waals surface area contributed by atoms with Crippen molar-refractivity contribution >= 4 is 5.97 Å². The highest BCUT2D eigenvalue weighted by Gasteiger charge is 2.59. The van der Waals surface area contributed by atoms with Gasteiger partial charge in [-0.2, -0.15) is 5.06 Å². The zero-order valence-corrected chi connectivity index (χ0v) is 7.67. The van der Waals surface area contributed by atoms with Crippen molar-refractivity contribution in [1.29, 1.82) is 0 Å². The lowest BCUT2D eigenvalue weighted by molar-refractivity contribution is -0.167. The van der Waals surface area contributed by atoms with Crippen LogP contribution in [0.1, 0.15) is 12.8 Å². The summed E-state index contributed by atoms with van der Waals surface area (Å²) in [5.41, 5.74) is 0. The molecule has 14 heavy (non-hydrogen) atoms. The van der Waals surface area contributed by atoms with Crippen LogP contribution in [0.15, 0.2) is 0 Å². The SMILES string of the molecule is O=C(O)C1C2C3CCC(O3)C2CN1O. The zero-order valence-electron chi connectivity index (χ0n) is 7.67. The monoisotopic (exact) mass is 199 g/mol. The van der Waals surface area contributed by atoms with Crippen LogP contribution in [0.4, 0.5) is 0 Å². The fraction of sp³-hybridized carbons (Fsp3) is 0.889. The third kappa shape index (κ3) is 0.920. The predicted molar refractivity (Wildman–Crippen MR) is 44.8 cm³/mol. The van der Waals surface area contributed by atoms with E-state index < -0.39 is 12.0 Å². The molecule has 3 saturated heterocycles. The number of hydrogen-bond acceptors (Lipinski definition) is 4. The Balaban J connectivity index is 1.91. The summed E-state index contributed by atoms with van der Waals surface area (Å²) in [5.74, 6) is -0.716. The van der Waals surface area contributed by atoms with Gasteiger partial charge in [0.15, 0.2) is 0 Å². The highest BCUT2D eigenvalue weighted by Crippen LogP contribution is 2.49. The van der Waals surface area contributed by atoms with Gasteiger partial charge in [0.05, 0.1) is 12.2 Å². The Labute approximate surface area is 81.2 Å². The van der Waals surface area contributed by atoms with E-state index in [9.17, 15) is 10.0 Å². The summed E-state index contributed by atoms with van der Waals surface area (Å²) in [5, 5.41) is 19.5. The van der Waals surface area contributed by atoms with E-state index in [-0.39, 0.29) is 24.0 Å². The van der Waals surface area contributed by atoms with Crippen molar-refractivity contribution in [3.05, 3.63) is 0 Å². The maximum atomic E-state index is 11.0. The van der Waals surface area contributed by atoms with Crippen molar-refractivity contribution in [2.45, 2.75) is 31.1 Å². The number of rotatable bonds is 1. The molecule has 0 saturated carbocycles. The molecule has 0 aliphatic carbocycles. The number of carboxylic acids is 1. The second-order valence-corrected chi connectivity index (χ2v) is 4.44. The first kappa shape index (κ1) is 8.64. The van der Waals surface area contributed by atoms with E-state index >= 15 is 0 Å². The summed E-state index contributed by atoms with van der Waals surface area (Å²) in [6.07, 6.45) is 2.21. The van der Waals surface area contributed by atoms with E-state index in [1.54, 1.807) is 0 Å². The van der Waals surface area contributed by atoms with E-state index in [1.165, 1.54) is 0 Å². The summed E-state index contributed by atoms with van der Waals surface area (Å²) in [4.78, 5) is 11.0. The van der Waals surface area contributed by atoms with Crippen molar-refractivity contribution in [3.63, 3.8) is 0 Å². The molecule has 0 aromatic heterocycles. The van der Waals surface area contributed by atoms with Gasteiger partial charge in [-0.15, -0.1) is 0 Å². The van der Waals surface area contributed by atoms with Gasteiger partial charge in [-0.05, 0) is 12.8 Å². The molecule has 3 rings (SSSR count). The third-order valence-electron chi connectivity index (χ3n) is 3.82. The van der Waals surface area contributed by atoms with Crippen LogP contribution in [-0.4, -0.2) is 46.1 Å². The van der Waals surface area contributed by atoms with Gasteiger partial charge < -0.3 is 15.1 Å². The molecule has 3 heterocycles. The number of carbonyl (C=O) groups is 1. The lowest BCUT2D eigenvalue weighted by atomic mass is 9.78. The third-order valence-corrected chi connectivity index (χ3v) is 3.82. The molecule has 78 valence electrons. The van der Waals surface area contributed by atoms with Crippen molar-refractivity contribution < 1.29 is 19.8 Å². The quantitative estimate of drug-likeness (QED) is 0.619. The normalized spacial score (nSPS) is 51.1. The fourth-order valence-electron chi connectivity index (χ4n) is 3.31. The van der Waals surface area contributed by atoms with Gasteiger partial charge in [-0.25, -0.2) is 0 Å². The van der Waals surface area contributed by atoms with Crippen molar-refractivity contribution in [1.82, 2.24) is 5.06 Å². The average Bonchev–Trinajstić information content (AvgIpc) is 2.70. The van der Waals surface area contributed by atoms with Gasteiger partial charge in [0.2, 0.25) is 0 Å². The highest BCUT2D eigenvalue weighted by molar-refractivity contribution is 5.74. The van der Waals surface area contributed by atoms with Crippen molar-refractivity contribution in [2.24, 2.45) is 11.8 Å². The van der Waals surface area contributed by atoms with Gasteiger partial charge in [-0.3, -0.25) is 4.79 Å². The summed E-state index contributed by atoms with van der Waals surface area (Å²) in [7, 11) is 0. The van der Waals surface area contributed by atoms with E-state index in [2.05, 4.69) is 0 Å². The second kappa shape index (κ2) is 2.68.